The lowest BCUT2D eigenvalue weighted by atomic mass is 9.54. The van der Waals surface area contributed by atoms with E-state index in [1.807, 2.05) is 80.6 Å². The highest BCUT2D eigenvalue weighted by Crippen LogP contribution is 2.69. The van der Waals surface area contributed by atoms with Crippen LogP contribution in [-0.4, -0.2) is 28.7 Å². The third kappa shape index (κ3) is 2.81. The molecule has 3 aromatic rings. The Morgan fingerprint density at radius 2 is 1.19 bits per heavy atom. The smallest absolute Gasteiger partial charge is 0.247 e. The number of anilines is 1. The van der Waals surface area contributed by atoms with Gasteiger partial charge in [0, 0.05) is 5.69 Å². The minimum atomic E-state index is -1.26. The van der Waals surface area contributed by atoms with Gasteiger partial charge in [-0.25, -0.2) is 0 Å². The van der Waals surface area contributed by atoms with Gasteiger partial charge in [0.05, 0.1) is 11.8 Å². The van der Waals surface area contributed by atoms with Crippen LogP contribution in [0.5, 0.6) is 0 Å². The average Bonchev–Trinajstić information content (AvgIpc) is 3.12. The zero-order chi connectivity index (χ0) is 25.6. The highest BCUT2D eigenvalue weighted by Gasteiger charge is 2.73. The molecule has 0 radical (unpaired) electrons. The third-order valence-electron chi connectivity index (χ3n) is 7.88. The van der Waals surface area contributed by atoms with E-state index >= 15 is 0 Å². The molecule has 0 unspecified atom stereocenters. The van der Waals surface area contributed by atoms with Gasteiger partial charge in [-0.05, 0) is 66.3 Å². The predicted octanol–water partition coefficient (Wildman–Crippen LogP) is 5.22. The highest BCUT2D eigenvalue weighted by atomic mass is 35.5. The maximum atomic E-state index is 14.0. The summed E-state index contributed by atoms with van der Waals surface area (Å²) in [6.07, 6.45) is 0. The molecule has 0 spiro atoms. The average molecular weight is 519 g/mol. The number of likely N-dealkylation sites (tertiary alicyclic amines) is 1. The van der Waals surface area contributed by atoms with Crippen LogP contribution in [0, 0.1) is 25.7 Å². The molecule has 3 amide bonds. The number of aryl methyl sites for hydroxylation is 2. The maximum Gasteiger partial charge on any atom is 0.247 e. The monoisotopic (exact) mass is 518 g/mol. The van der Waals surface area contributed by atoms with Gasteiger partial charge in [0.15, 0.2) is 0 Å². The number of carbonyl (C=O) groups excluding carboxylic acids is 3. The van der Waals surface area contributed by atoms with Crippen molar-refractivity contribution in [1.82, 2.24) is 4.90 Å². The Bertz CT molecular complexity index is 1340. The van der Waals surface area contributed by atoms with Gasteiger partial charge in [-0.2, -0.15) is 0 Å². The van der Waals surface area contributed by atoms with Crippen molar-refractivity contribution in [2.75, 3.05) is 5.32 Å². The molecular formula is C29H24Cl2N2O3. The molecule has 3 atom stereocenters. The van der Waals surface area contributed by atoms with E-state index < -0.39 is 45.3 Å². The lowest BCUT2D eigenvalue weighted by Crippen LogP contribution is -2.57. The van der Waals surface area contributed by atoms with Crippen molar-refractivity contribution in [3.05, 3.63) is 100 Å². The second kappa shape index (κ2) is 7.67. The number of nitrogens with zero attached hydrogens (tertiary/aromatic N) is 1. The number of hydrogen-bond donors (Lipinski definition) is 1. The first kappa shape index (κ1) is 23.3. The van der Waals surface area contributed by atoms with E-state index in [1.165, 1.54) is 0 Å². The molecule has 1 N–H and O–H groups in total. The van der Waals surface area contributed by atoms with Crippen LogP contribution in [0.25, 0.3) is 0 Å². The summed E-state index contributed by atoms with van der Waals surface area (Å²) in [7, 11) is 0. The van der Waals surface area contributed by atoms with E-state index in [9.17, 15) is 14.4 Å². The van der Waals surface area contributed by atoms with E-state index in [-0.39, 0.29) is 0 Å². The molecule has 182 valence electrons. The van der Waals surface area contributed by atoms with Gasteiger partial charge in [-0.15, -0.1) is 23.2 Å². The summed E-state index contributed by atoms with van der Waals surface area (Å²) in [5, 5.41) is 2.86. The Labute approximate surface area is 219 Å². The van der Waals surface area contributed by atoms with Crippen molar-refractivity contribution in [1.29, 1.82) is 0 Å². The van der Waals surface area contributed by atoms with Gasteiger partial charge < -0.3 is 5.32 Å². The maximum absolute atomic E-state index is 14.0. The minimum Gasteiger partial charge on any atom is -0.324 e. The van der Waals surface area contributed by atoms with Crippen molar-refractivity contribution in [2.24, 2.45) is 11.8 Å². The van der Waals surface area contributed by atoms with Crippen molar-refractivity contribution < 1.29 is 14.4 Å². The first-order chi connectivity index (χ1) is 17.1. The zero-order valence-electron chi connectivity index (χ0n) is 20.0. The summed E-state index contributed by atoms with van der Waals surface area (Å²) in [5.41, 5.74) is 5.54. The molecule has 7 rings (SSSR count). The van der Waals surface area contributed by atoms with Crippen LogP contribution in [0.15, 0.2) is 66.7 Å². The molecule has 4 aliphatic rings. The van der Waals surface area contributed by atoms with E-state index in [2.05, 4.69) is 5.32 Å². The fourth-order valence-electron chi connectivity index (χ4n) is 6.48. The number of alkyl halides is 2. The Kier molecular flexibility index (Phi) is 4.96. The lowest BCUT2D eigenvalue weighted by molar-refractivity contribution is -0.146. The molecule has 0 aromatic heterocycles. The standard InChI is InChI=1S/C29H24Cl2N2O3/c1-15-12-16(2)14-18(13-15)32-25(34)17(3)33-26(35)23-24(27(33)36)29(31)20-9-5-4-8-19(20)28(23,30)21-10-6-7-11-22(21)29/h4-14,17,23-24H,1-3H3,(H,32,34)/t17-,23-,24-,28?,29?/m0/s1. The molecule has 1 aliphatic heterocycles. The molecule has 1 saturated heterocycles. The van der Waals surface area contributed by atoms with Crippen LogP contribution in [0.2, 0.25) is 0 Å². The second-order valence-corrected chi connectivity index (χ2v) is 11.3. The van der Waals surface area contributed by atoms with Crippen molar-refractivity contribution in [2.45, 2.75) is 36.6 Å². The van der Waals surface area contributed by atoms with Crippen LogP contribution in [0.3, 0.4) is 0 Å². The Morgan fingerprint density at radius 3 is 1.58 bits per heavy atom. The number of rotatable bonds is 3. The number of halogens is 2. The van der Waals surface area contributed by atoms with Gasteiger partial charge in [-0.3, -0.25) is 19.3 Å². The van der Waals surface area contributed by atoms with Gasteiger partial charge >= 0.3 is 0 Å². The van der Waals surface area contributed by atoms with Crippen molar-refractivity contribution >= 4 is 46.6 Å². The van der Waals surface area contributed by atoms with Gasteiger partial charge in [0.25, 0.3) is 0 Å². The summed E-state index contributed by atoms with van der Waals surface area (Å²) in [4.78, 5) is 39.8. The largest absolute Gasteiger partial charge is 0.324 e. The number of imide groups is 1. The zero-order valence-corrected chi connectivity index (χ0v) is 21.5. The van der Waals surface area contributed by atoms with Crippen LogP contribution >= 0.6 is 23.2 Å². The Balaban J connectivity index is 1.44. The quantitative estimate of drug-likeness (QED) is 0.381. The first-order valence-corrected chi connectivity index (χ1v) is 12.7. The fourth-order valence-corrected chi connectivity index (χ4v) is 7.58. The van der Waals surface area contributed by atoms with Gasteiger partial charge in [-0.1, -0.05) is 54.6 Å². The predicted molar refractivity (Wildman–Crippen MR) is 139 cm³/mol. The molecular weight excluding hydrogens is 495 g/mol. The first-order valence-electron chi connectivity index (χ1n) is 11.9. The third-order valence-corrected chi connectivity index (χ3v) is 9.16. The normalized spacial score (nSPS) is 28.4. The molecule has 7 heteroatoms. The van der Waals surface area contributed by atoms with Gasteiger partial charge in [0.1, 0.15) is 15.8 Å². The van der Waals surface area contributed by atoms with E-state index in [1.54, 1.807) is 6.92 Å². The summed E-state index contributed by atoms with van der Waals surface area (Å²) < 4.78 is 0. The Hall–Kier alpha value is -3.15. The molecule has 0 saturated carbocycles. The fraction of sp³-hybridized carbons (Fsp3) is 0.276. The van der Waals surface area contributed by atoms with Crippen LogP contribution in [-0.2, 0) is 24.1 Å². The molecule has 5 nitrogen and oxygen atoms in total. The minimum absolute atomic E-state index is 0.449. The number of nitrogens with one attached hydrogen (secondary N) is 1. The van der Waals surface area contributed by atoms with Crippen molar-refractivity contribution in [3.63, 3.8) is 0 Å². The summed E-state index contributed by atoms with van der Waals surface area (Å²) in [6.45, 7) is 5.44. The Morgan fingerprint density at radius 1 is 0.806 bits per heavy atom. The SMILES string of the molecule is Cc1cc(C)cc(NC(=O)[C@H](C)N2C(=O)[C@@H]3[C@@H](C2=O)C2(Cl)c4ccccc4C3(Cl)c3ccccc32)c1. The van der Waals surface area contributed by atoms with Crippen LogP contribution in [0.1, 0.15) is 40.3 Å². The molecule has 1 fully saturated rings. The molecule has 1 heterocycles. The highest BCUT2D eigenvalue weighted by molar-refractivity contribution is 6.36. The molecule has 3 aromatic carbocycles. The molecule has 3 aliphatic carbocycles. The van der Waals surface area contributed by atoms with E-state index in [4.69, 9.17) is 23.2 Å². The molecule has 2 bridgehead atoms. The molecule has 36 heavy (non-hydrogen) atoms. The summed E-state index contributed by atoms with van der Waals surface area (Å²) >= 11 is 14.9. The number of carbonyl (C=O) groups is 3. The van der Waals surface area contributed by atoms with Crippen molar-refractivity contribution in [3.8, 4) is 0 Å². The topological polar surface area (TPSA) is 66.5 Å². The lowest BCUT2D eigenvalue weighted by Gasteiger charge is -2.54. The second-order valence-electron chi connectivity index (χ2n) is 10.1. The summed E-state index contributed by atoms with van der Waals surface area (Å²) in [5.74, 6) is -3.25. The van der Waals surface area contributed by atoms with Crippen LogP contribution in [0.4, 0.5) is 5.69 Å². The van der Waals surface area contributed by atoms with E-state index in [0.717, 1.165) is 38.3 Å². The summed E-state index contributed by atoms with van der Waals surface area (Å²) in [6, 6.07) is 19.6. The van der Waals surface area contributed by atoms with Crippen LogP contribution < -0.4 is 5.32 Å². The van der Waals surface area contributed by atoms with E-state index in [0.29, 0.717) is 5.69 Å². The number of hydrogen-bond acceptors (Lipinski definition) is 3. The number of benzene rings is 3. The number of amides is 3. The van der Waals surface area contributed by atoms with Gasteiger partial charge in [0.2, 0.25) is 17.7 Å².